The monoisotopic (exact) mass is 914 g/mol. The second-order valence-corrected chi connectivity index (χ2v) is 10.9. The third-order valence-electron chi connectivity index (χ3n) is 5.41. The molecule has 0 amide bonds. The molecule has 38 heteroatoms. The van der Waals surface area contributed by atoms with Crippen molar-refractivity contribution in [2.75, 3.05) is 6.61 Å². The number of ether oxygens (including phenoxy) is 2. The first-order chi connectivity index (χ1) is 22.6. The van der Waals surface area contributed by atoms with Crippen LogP contribution in [0.5, 0.6) is 0 Å². The Bertz CT molecular complexity index is 1450. The topological polar surface area (TPSA) is 61.8 Å². The van der Waals surface area contributed by atoms with Crippen LogP contribution < -0.4 is 0 Å². The minimum atomic E-state index is -9.22. The standard InChI is InChI=1S/C16H2F32O5S/c17-2(18,1-51-54(49,50)16(47,48)9(31,32)6(25,26)11(36,37)38)3(19,20)4(21,22)7(27,28)12(39,40)52-14(43,44)15(45,46)53-13(41,42)8(29,30)5(23,24)10(33,34)35/h1H2. The molecule has 0 bridgehead atoms. The van der Waals surface area contributed by atoms with E-state index in [0.29, 0.717) is 0 Å². The molecule has 0 unspecified atom stereocenters. The fourth-order valence-corrected chi connectivity index (χ4v) is 3.27. The third kappa shape index (κ3) is 7.54. The van der Waals surface area contributed by atoms with Crippen molar-refractivity contribution in [2.24, 2.45) is 0 Å². The molecule has 0 aliphatic heterocycles. The first kappa shape index (κ1) is 51.6. The fraction of sp³-hybridized carbons (Fsp3) is 1.00. The maximum atomic E-state index is 13.7. The van der Waals surface area contributed by atoms with Gasteiger partial charge in [0.15, 0.2) is 0 Å². The second kappa shape index (κ2) is 13.1. The van der Waals surface area contributed by atoms with E-state index < -0.39 is 106 Å². The summed E-state index contributed by atoms with van der Waals surface area (Å²) in [6.45, 7) is -4.97. The van der Waals surface area contributed by atoms with Crippen LogP contribution in [0.1, 0.15) is 0 Å². The Morgan fingerprint density at radius 3 is 0.852 bits per heavy atom. The fourth-order valence-electron chi connectivity index (χ4n) is 2.37. The Kier molecular flexibility index (Phi) is 12.5. The minimum absolute atomic E-state index is 0.806. The lowest BCUT2D eigenvalue weighted by Gasteiger charge is -2.40. The third-order valence-corrected chi connectivity index (χ3v) is 6.72. The van der Waals surface area contributed by atoms with E-state index in [2.05, 4.69) is 0 Å². The maximum Gasteiger partial charge on any atom is 0.460 e. The van der Waals surface area contributed by atoms with Crippen LogP contribution in [0.15, 0.2) is 0 Å². The predicted octanol–water partition coefficient (Wildman–Crippen LogP) is 9.54. The number of alkyl halides is 32. The molecule has 0 aliphatic carbocycles. The normalized spacial score (nSPS) is 17.0. The molecule has 0 saturated carbocycles. The molecule has 0 spiro atoms. The molecule has 0 aliphatic rings. The van der Waals surface area contributed by atoms with Crippen molar-refractivity contribution in [2.45, 2.75) is 89.4 Å². The molecule has 326 valence electrons. The van der Waals surface area contributed by atoms with Crippen molar-refractivity contribution >= 4 is 10.1 Å². The largest absolute Gasteiger partial charge is 0.460 e. The molecule has 0 saturated heterocycles. The molecule has 0 aromatic rings. The minimum Gasteiger partial charge on any atom is -0.259 e. The highest BCUT2D eigenvalue weighted by Gasteiger charge is 2.91. The highest BCUT2D eigenvalue weighted by atomic mass is 32.2. The lowest BCUT2D eigenvalue weighted by molar-refractivity contribution is -0.558. The van der Waals surface area contributed by atoms with Crippen LogP contribution in [0.3, 0.4) is 0 Å². The average Bonchev–Trinajstić information content (AvgIpc) is 2.88. The Morgan fingerprint density at radius 1 is 0.315 bits per heavy atom. The lowest BCUT2D eigenvalue weighted by Crippen LogP contribution is -2.70. The van der Waals surface area contributed by atoms with Gasteiger partial charge in [0.25, 0.3) is 0 Å². The van der Waals surface area contributed by atoms with Gasteiger partial charge < -0.3 is 0 Å². The van der Waals surface area contributed by atoms with Crippen LogP contribution in [-0.2, 0) is 23.8 Å². The molecule has 54 heavy (non-hydrogen) atoms. The van der Waals surface area contributed by atoms with Crippen LogP contribution >= 0.6 is 0 Å². The Balaban J connectivity index is 6.79. The molecule has 0 aromatic carbocycles. The summed E-state index contributed by atoms with van der Waals surface area (Å²) in [5.41, 5.74) is 0. The van der Waals surface area contributed by atoms with Gasteiger partial charge in [0.1, 0.15) is 6.61 Å². The first-order valence-corrected chi connectivity index (χ1v) is 12.4. The van der Waals surface area contributed by atoms with E-state index in [9.17, 15) is 149 Å². The van der Waals surface area contributed by atoms with Crippen LogP contribution in [0.2, 0.25) is 0 Å². The van der Waals surface area contributed by atoms with Gasteiger partial charge in [-0.1, -0.05) is 0 Å². The van der Waals surface area contributed by atoms with E-state index >= 15 is 0 Å². The second-order valence-electron chi connectivity index (χ2n) is 9.23. The molecular weight excluding hydrogens is 912 g/mol. The van der Waals surface area contributed by atoms with Crippen LogP contribution in [0.4, 0.5) is 140 Å². The van der Waals surface area contributed by atoms with Crippen molar-refractivity contribution in [1.29, 1.82) is 0 Å². The molecule has 0 rings (SSSR count). The number of hydrogen-bond acceptors (Lipinski definition) is 5. The predicted molar refractivity (Wildman–Crippen MR) is 93.5 cm³/mol. The summed E-state index contributed by atoms with van der Waals surface area (Å²) >= 11 is 0. The molecule has 0 fully saturated rings. The van der Waals surface area contributed by atoms with Crippen molar-refractivity contribution in [3.05, 3.63) is 0 Å². The number of hydrogen-bond donors (Lipinski definition) is 0. The molecule has 0 heterocycles. The van der Waals surface area contributed by atoms with Gasteiger partial charge in [0, 0.05) is 0 Å². The van der Waals surface area contributed by atoms with Crippen LogP contribution in [0.25, 0.3) is 0 Å². The van der Waals surface area contributed by atoms with Gasteiger partial charge in [-0.2, -0.15) is 149 Å². The summed E-state index contributed by atoms with van der Waals surface area (Å²) in [5.74, 6) is -69.2. The first-order valence-electron chi connectivity index (χ1n) is 11.0. The summed E-state index contributed by atoms with van der Waals surface area (Å²) in [4.78, 5) is 0. The Labute approximate surface area is 270 Å². The van der Waals surface area contributed by atoms with Crippen molar-refractivity contribution in [3.63, 3.8) is 0 Å². The van der Waals surface area contributed by atoms with Crippen molar-refractivity contribution in [3.8, 4) is 0 Å². The Morgan fingerprint density at radius 2 is 0.574 bits per heavy atom. The molecular formula is C16H2F32O5S. The van der Waals surface area contributed by atoms with Gasteiger partial charge in [-0.05, 0) is 0 Å². The number of halogens is 32. The van der Waals surface area contributed by atoms with E-state index in [1.807, 2.05) is 0 Å². The van der Waals surface area contributed by atoms with Gasteiger partial charge in [-0.15, -0.1) is 0 Å². The zero-order chi connectivity index (χ0) is 44.8. The molecule has 0 radical (unpaired) electrons. The summed E-state index contributed by atoms with van der Waals surface area (Å²) in [5, 5.41) is -8.33. The SMILES string of the molecule is O=S(=O)(OCC(F)(F)C(F)(F)C(F)(F)C(F)(F)C(F)(F)OC(F)(F)C(F)(F)OC(F)(F)C(F)(F)C(F)(F)C(F)(F)F)C(F)(F)C(F)(F)C(F)(F)C(F)(F)F. The maximum absolute atomic E-state index is 13.7. The lowest BCUT2D eigenvalue weighted by atomic mass is 9.98. The van der Waals surface area contributed by atoms with Crippen molar-refractivity contribution < 1.29 is 163 Å². The zero-order valence-electron chi connectivity index (χ0n) is 22.8. The van der Waals surface area contributed by atoms with E-state index in [0.717, 1.165) is 9.47 Å². The molecule has 0 N–H and O–H groups in total. The van der Waals surface area contributed by atoms with Gasteiger partial charge in [0.2, 0.25) is 0 Å². The molecule has 0 aromatic heterocycles. The Hall–Kier alpha value is -2.41. The summed E-state index contributed by atoms with van der Waals surface area (Å²) in [6, 6.07) is 0. The molecule has 0 atom stereocenters. The van der Waals surface area contributed by atoms with Gasteiger partial charge >= 0.3 is 99.5 Å². The van der Waals surface area contributed by atoms with Gasteiger partial charge in [-0.3, -0.25) is 4.18 Å². The average molecular weight is 914 g/mol. The van der Waals surface area contributed by atoms with E-state index in [1.54, 1.807) is 4.18 Å². The molecule has 5 nitrogen and oxygen atoms in total. The smallest absolute Gasteiger partial charge is 0.259 e. The van der Waals surface area contributed by atoms with Crippen molar-refractivity contribution in [1.82, 2.24) is 0 Å². The van der Waals surface area contributed by atoms with Gasteiger partial charge in [0.05, 0.1) is 0 Å². The van der Waals surface area contributed by atoms with Gasteiger partial charge in [-0.25, -0.2) is 9.47 Å². The quantitative estimate of drug-likeness (QED) is 0.108. The number of rotatable bonds is 17. The van der Waals surface area contributed by atoms with Crippen LogP contribution in [0, 0.1) is 0 Å². The van der Waals surface area contributed by atoms with E-state index in [-0.39, 0.29) is 0 Å². The highest BCUT2D eigenvalue weighted by Crippen LogP contribution is 2.61. The van der Waals surface area contributed by atoms with E-state index in [1.165, 1.54) is 0 Å². The van der Waals surface area contributed by atoms with E-state index in [4.69, 9.17) is 0 Å². The zero-order valence-corrected chi connectivity index (χ0v) is 23.6. The highest BCUT2D eigenvalue weighted by molar-refractivity contribution is 7.87. The summed E-state index contributed by atoms with van der Waals surface area (Å²) < 4.78 is 444. The summed E-state index contributed by atoms with van der Waals surface area (Å²) in [6.07, 6.45) is -50.6. The summed E-state index contributed by atoms with van der Waals surface area (Å²) in [7, 11) is -8.85. The van der Waals surface area contributed by atoms with Crippen LogP contribution in [-0.4, -0.2) is 104 Å².